The molecule has 156 valence electrons. The molecule has 6 rings (SSSR count). The van der Waals surface area contributed by atoms with Crippen molar-refractivity contribution >= 4 is 16.6 Å². The first kappa shape index (κ1) is 18.5. The van der Waals surface area contributed by atoms with E-state index in [1.54, 1.807) is 6.20 Å². The summed E-state index contributed by atoms with van der Waals surface area (Å²) in [6, 6.07) is 11.3. The van der Waals surface area contributed by atoms with Crippen molar-refractivity contribution in [1.29, 1.82) is 5.26 Å². The Morgan fingerprint density at radius 3 is 2.94 bits per heavy atom. The number of pyridine rings is 1. The predicted molar refractivity (Wildman–Crippen MR) is 122 cm³/mol. The van der Waals surface area contributed by atoms with Crippen LogP contribution < -0.4 is 15.5 Å². The lowest BCUT2D eigenvalue weighted by atomic mass is 9.96. The highest BCUT2D eigenvalue weighted by molar-refractivity contribution is 5.95. The largest absolute Gasteiger partial charge is 0.380 e. The van der Waals surface area contributed by atoms with Crippen LogP contribution >= 0.6 is 0 Å². The molecule has 0 amide bonds. The number of hydrogen-bond acceptors (Lipinski definition) is 6. The first-order chi connectivity index (χ1) is 15.2. The molecule has 4 aliphatic rings. The Hall–Kier alpha value is -3.30. The van der Waals surface area contributed by atoms with Crippen LogP contribution in [0.15, 0.2) is 65.2 Å². The van der Waals surface area contributed by atoms with Crippen molar-refractivity contribution < 1.29 is 0 Å². The number of piperazine rings is 1. The minimum absolute atomic E-state index is 0.428. The predicted octanol–water partition coefficient (Wildman–Crippen LogP) is 2.66. The zero-order valence-corrected chi connectivity index (χ0v) is 17.7. The number of anilines is 1. The highest BCUT2D eigenvalue weighted by Crippen LogP contribution is 2.40. The van der Waals surface area contributed by atoms with Crippen LogP contribution in [0.25, 0.3) is 10.9 Å². The highest BCUT2D eigenvalue weighted by atomic mass is 15.3. The fourth-order valence-corrected chi connectivity index (χ4v) is 5.28. The van der Waals surface area contributed by atoms with Crippen molar-refractivity contribution in [2.75, 3.05) is 37.6 Å². The van der Waals surface area contributed by atoms with Gasteiger partial charge in [-0.1, -0.05) is 6.08 Å². The van der Waals surface area contributed by atoms with Gasteiger partial charge >= 0.3 is 0 Å². The van der Waals surface area contributed by atoms with E-state index in [2.05, 4.69) is 62.7 Å². The molecule has 0 saturated carbocycles. The van der Waals surface area contributed by atoms with Gasteiger partial charge in [0.15, 0.2) is 0 Å². The van der Waals surface area contributed by atoms with Crippen molar-refractivity contribution in [3.8, 4) is 6.07 Å². The first-order valence-corrected chi connectivity index (χ1v) is 11.1. The Balaban J connectivity index is 1.33. The standard InChI is InChI=1S/C25H26N6/c1-16-13-30(23-7-4-17(10-26)25-22(23)3-2-8-28-25)15-24-21-6-5-19(29-20-11-27-12-20)9-18(21)14-31(16)24/h2-5,7-9,16,20,27,29H,6,11-15H2,1H3/t16-/m1/s1. The number of aromatic nitrogens is 1. The molecule has 0 radical (unpaired) electrons. The Bertz CT molecular complexity index is 1200. The van der Waals surface area contributed by atoms with Gasteiger partial charge in [-0.05, 0) is 54.8 Å². The lowest BCUT2D eigenvalue weighted by Gasteiger charge is -2.42. The first-order valence-electron chi connectivity index (χ1n) is 11.1. The molecule has 1 atom stereocenters. The minimum atomic E-state index is 0.428. The van der Waals surface area contributed by atoms with Crippen LogP contribution in [-0.2, 0) is 0 Å². The van der Waals surface area contributed by atoms with Gasteiger partial charge in [-0.25, -0.2) is 0 Å². The quantitative estimate of drug-likeness (QED) is 0.811. The monoisotopic (exact) mass is 410 g/mol. The van der Waals surface area contributed by atoms with Gasteiger partial charge in [0.25, 0.3) is 0 Å². The summed E-state index contributed by atoms with van der Waals surface area (Å²) in [6.45, 7) is 7.31. The second kappa shape index (κ2) is 7.14. The van der Waals surface area contributed by atoms with Crippen molar-refractivity contribution in [2.24, 2.45) is 0 Å². The van der Waals surface area contributed by atoms with E-state index in [4.69, 9.17) is 0 Å². The summed E-state index contributed by atoms with van der Waals surface area (Å²) >= 11 is 0. The summed E-state index contributed by atoms with van der Waals surface area (Å²) in [6.07, 6.45) is 7.47. The van der Waals surface area contributed by atoms with Gasteiger partial charge in [0.05, 0.1) is 23.7 Å². The molecule has 3 aliphatic heterocycles. The van der Waals surface area contributed by atoms with E-state index >= 15 is 0 Å². The fourth-order valence-electron chi connectivity index (χ4n) is 5.28. The number of allylic oxidation sites excluding steroid dienone is 2. The highest BCUT2D eigenvalue weighted by Gasteiger charge is 2.36. The normalized spacial score (nSPS) is 23.0. The lowest BCUT2D eigenvalue weighted by Crippen LogP contribution is -2.54. The van der Waals surface area contributed by atoms with Crippen LogP contribution in [0.5, 0.6) is 0 Å². The molecule has 2 saturated heterocycles. The van der Waals surface area contributed by atoms with Crippen LogP contribution in [0.1, 0.15) is 18.9 Å². The van der Waals surface area contributed by atoms with Crippen molar-refractivity contribution in [1.82, 2.24) is 20.5 Å². The van der Waals surface area contributed by atoms with Crippen molar-refractivity contribution in [3.63, 3.8) is 0 Å². The van der Waals surface area contributed by atoms with E-state index in [0.29, 0.717) is 17.6 Å². The molecule has 1 aliphatic carbocycles. The van der Waals surface area contributed by atoms with Gasteiger partial charge < -0.3 is 20.4 Å². The Labute approximate surface area is 182 Å². The van der Waals surface area contributed by atoms with E-state index in [0.717, 1.165) is 50.0 Å². The average Bonchev–Trinajstić information content (AvgIpc) is 3.14. The molecule has 6 heteroatoms. The molecule has 31 heavy (non-hydrogen) atoms. The number of rotatable bonds is 3. The molecule has 1 aromatic carbocycles. The maximum Gasteiger partial charge on any atom is 0.101 e. The molecule has 0 unspecified atom stereocenters. The maximum atomic E-state index is 9.49. The Morgan fingerprint density at radius 1 is 1.23 bits per heavy atom. The molecule has 6 nitrogen and oxygen atoms in total. The third kappa shape index (κ3) is 3.00. The third-order valence-electron chi connectivity index (χ3n) is 7.00. The Morgan fingerprint density at radius 2 is 2.13 bits per heavy atom. The number of nitrogens with one attached hydrogen (secondary N) is 2. The van der Waals surface area contributed by atoms with Crippen LogP contribution in [0.2, 0.25) is 0 Å². The molecule has 2 aromatic rings. The zero-order chi connectivity index (χ0) is 20.9. The fraction of sp³-hybridized carbons (Fsp3) is 0.360. The van der Waals surface area contributed by atoms with E-state index in [1.165, 1.54) is 28.2 Å². The smallest absolute Gasteiger partial charge is 0.101 e. The average molecular weight is 411 g/mol. The van der Waals surface area contributed by atoms with E-state index in [1.807, 2.05) is 12.1 Å². The topological polar surface area (TPSA) is 67.2 Å². The molecule has 1 aromatic heterocycles. The molecule has 0 bridgehead atoms. The van der Waals surface area contributed by atoms with Crippen LogP contribution in [0.4, 0.5) is 5.69 Å². The lowest BCUT2D eigenvalue weighted by molar-refractivity contribution is 0.274. The van der Waals surface area contributed by atoms with Crippen LogP contribution in [0.3, 0.4) is 0 Å². The van der Waals surface area contributed by atoms with Gasteiger partial charge in [0.2, 0.25) is 0 Å². The van der Waals surface area contributed by atoms with E-state index < -0.39 is 0 Å². The van der Waals surface area contributed by atoms with E-state index in [-0.39, 0.29) is 0 Å². The third-order valence-corrected chi connectivity index (χ3v) is 7.00. The minimum Gasteiger partial charge on any atom is -0.380 e. The maximum absolute atomic E-state index is 9.49. The summed E-state index contributed by atoms with van der Waals surface area (Å²) < 4.78 is 0. The summed E-state index contributed by atoms with van der Waals surface area (Å²) in [5.74, 6) is 0. The van der Waals surface area contributed by atoms with Crippen LogP contribution in [0, 0.1) is 11.3 Å². The zero-order valence-electron chi connectivity index (χ0n) is 17.7. The second-order valence-electron chi connectivity index (χ2n) is 8.96. The van der Waals surface area contributed by atoms with Crippen molar-refractivity contribution in [2.45, 2.75) is 25.4 Å². The molecular formula is C25H26N6. The number of hydrogen-bond donors (Lipinski definition) is 2. The molecular weight excluding hydrogens is 384 g/mol. The number of nitriles is 1. The van der Waals surface area contributed by atoms with Gasteiger partial charge in [-0.3, -0.25) is 4.98 Å². The van der Waals surface area contributed by atoms with Crippen molar-refractivity contribution in [3.05, 3.63) is 70.7 Å². The van der Waals surface area contributed by atoms with Gasteiger partial charge in [0.1, 0.15) is 6.07 Å². The molecule has 0 spiro atoms. The number of nitrogens with zero attached hydrogens (tertiary/aromatic N) is 4. The Kier molecular flexibility index (Phi) is 4.25. The van der Waals surface area contributed by atoms with Crippen LogP contribution in [-0.4, -0.2) is 54.7 Å². The molecule has 4 heterocycles. The molecule has 2 N–H and O–H groups in total. The summed E-state index contributed by atoms with van der Waals surface area (Å²) in [5, 5.41) is 17.5. The van der Waals surface area contributed by atoms with Gasteiger partial charge in [-0.15, -0.1) is 0 Å². The summed E-state index contributed by atoms with van der Waals surface area (Å²) in [4.78, 5) is 9.56. The second-order valence-corrected chi connectivity index (χ2v) is 8.96. The summed E-state index contributed by atoms with van der Waals surface area (Å²) in [5.41, 5.74) is 8.29. The van der Waals surface area contributed by atoms with E-state index in [9.17, 15) is 5.26 Å². The summed E-state index contributed by atoms with van der Waals surface area (Å²) in [7, 11) is 0. The van der Waals surface area contributed by atoms with Gasteiger partial charge in [0, 0.05) is 60.9 Å². The number of fused-ring (bicyclic) bond motifs is 3. The SMILES string of the molecule is C[C@@H]1CN(c2ccc(C#N)c3ncccc23)CC2=C3CC=C(NC4CNC4)C=C3CN21. The van der Waals surface area contributed by atoms with Gasteiger partial charge in [-0.2, -0.15) is 5.26 Å². The number of benzene rings is 1. The molecule has 2 fully saturated rings.